The Labute approximate surface area is 103 Å². The summed E-state index contributed by atoms with van der Waals surface area (Å²) in [7, 11) is 0. The second-order valence-corrected chi connectivity index (χ2v) is 4.68. The number of pyridine rings is 1. The van der Waals surface area contributed by atoms with Gasteiger partial charge < -0.3 is 15.0 Å². The zero-order valence-electron chi connectivity index (χ0n) is 9.53. The van der Waals surface area contributed by atoms with Crippen molar-refractivity contribution < 1.29 is 5.11 Å². The van der Waals surface area contributed by atoms with Crippen LogP contribution in [0.3, 0.4) is 0 Å². The molecule has 5 heteroatoms. The minimum atomic E-state index is -0.550. The molecule has 0 radical (unpaired) electrons. The quantitative estimate of drug-likeness (QED) is 0.846. The maximum atomic E-state index is 11.7. The van der Waals surface area contributed by atoms with Gasteiger partial charge in [-0.05, 0) is 35.5 Å². The van der Waals surface area contributed by atoms with Crippen LogP contribution in [-0.2, 0) is 6.54 Å². The Bertz CT molecular complexity index is 403. The van der Waals surface area contributed by atoms with Crippen LogP contribution in [0, 0.1) is 6.92 Å². The van der Waals surface area contributed by atoms with Crippen molar-refractivity contribution in [1.29, 1.82) is 0 Å². The highest BCUT2D eigenvalue weighted by Crippen LogP contribution is 2.08. The number of hydrogen-bond acceptors (Lipinski definition) is 3. The molecule has 1 heterocycles. The van der Waals surface area contributed by atoms with E-state index in [9.17, 15) is 9.90 Å². The van der Waals surface area contributed by atoms with Gasteiger partial charge in [-0.15, -0.1) is 0 Å². The summed E-state index contributed by atoms with van der Waals surface area (Å²) in [5.41, 5.74) is 0.615. The standard InChI is InChI=1S/C11H17BrN2O2/c1-3-13-5-10(15)7-14-6-9(12)4-8(2)11(14)16/h4,6,10,13,15H,3,5,7H2,1-2H3. The van der Waals surface area contributed by atoms with Crippen LogP contribution in [0.15, 0.2) is 21.5 Å². The van der Waals surface area contributed by atoms with Gasteiger partial charge in [-0.1, -0.05) is 6.92 Å². The van der Waals surface area contributed by atoms with Crippen molar-refractivity contribution in [2.45, 2.75) is 26.5 Å². The van der Waals surface area contributed by atoms with Crippen molar-refractivity contribution in [2.24, 2.45) is 0 Å². The number of aliphatic hydroxyl groups is 1. The van der Waals surface area contributed by atoms with E-state index in [1.54, 1.807) is 19.2 Å². The number of rotatable bonds is 5. The third-order valence-electron chi connectivity index (χ3n) is 2.27. The molecule has 2 N–H and O–H groups in total. The molecule has 1 unspecified atom stereocenters. The smallest absolute Gasteiger partial charge is 0.253 e. The Morgan fingerprint density at radius 3 is 2.94 bits per heavy atom. The molecule has 16 heavy (non-hydrogen) atoms. The fraction of sp³-hybridized carbons (Fsp3) is 0.545. The lowest BCUT2D eigenvalue weighted by molar-refractivity contribution is 0.151. The Kier molecular flexibility index (Phi) is 5.18. The first-order chi connectivity index (χ1) is 7.54. The Hall–Kier alpha value is -0.650. The number of nitrogens with one attached hydrogen (secondary N) is 1. The van der Waals surface area contributed by atoms with Gasteiger partial charge in [0.1, 0.15) is 0 Å². The van der Waals surface area contributed by atoms with Gasteiger partial charge >= 0.3 is 0 Å². The number of hydrogen-bond donors (Lipinski definition) is 2. The first-order valence-electron chi connectivity index (χ1n) is 5.30. The van der Waals surface area contributed by atoms with Crippen LogP contribution >= 0.6 is 15.9 Å². The maximum Gasteiger partial charge on any atom is 0.253 e. The lowest BCUT2D eigenvalue weighted by atomic mass is 10.3. The topological polar surface area (TPSA) is 54.3 Å². The lowest BCUT2D eigenvalue weighted by Gasteiger charge is -2.13. The molecule has 0 aliphatic rings. The van der Waals surface area contributed by atoms with Crippen molar-refractivity contribution in [2.75, 3.05) is 13.1 Å². The molecule has 0 amide bonds. The summed E-state index contributed by atoms with van der Waals surface area (Å²) < 4.78 is 2.38. The number of nitrogens with zero attached hydrogens (tertiary/aromatic N) is 1. The number of likely N-dealkylation sites (N-methyl/N-ethyl adjacent to an activating group) is 1. The Balaban J connectivity index is 2.77. The molecule has 4 nitrogen and oxygen atoms in total. The van der Waals surface area contributed by atoms with Crippen LogP contribution in [0.2, 0.25) is 0 Å². The van der Waals surface area contributed by atoms with Crippen molar-refractivity contribution in [3.63, 3.8) is 0 Å². The van der Waals surface area contributed by atoms with Gasteiger partial charge in [0, 0.05) is 22.8 Å². The Morgan fingerprint density at radius 1 is 1.62 bits per heavy atom. The minimum Gasteiger partial charge on any atom is -0.390 e. The third-order valence-corrected chi connectivity index (χ3v) is 2.70. The SMILES string of the molecule is CCNCC(O)Cn1cc(Br)cc(C)c1=O. The van der Waals surface area contributed by atoms with E-state index in [4.69, 9.17) is 0 Å². The first kappa shape index (κ1) is 13.4. The van der Waals surface area contributed by atoms with E-state index in [1.807, 2.05) is 6.92 Å². The van der Waals surface area contributed by atoms with Crippen molar-refractivity contribution in [1.82, 2.24) is 9.88 Å². The van der Waals surface area contributed by atoms with E-state index in [-0.39, 0.29) is 5.56 Å². The van der Waals surface area contributed by atoms with Crippen LogP contribution in [-0.4, -0.2) is 28.9 Å². The molecule has 1 aromatic rings. The van der Waals surface area contributed by atoms with E-state index in [2.05, 4.69) is 21.2 Å². The molecule has 0 aliphatic heterocycles. The molecule has 0 spiro atoms. The predicted octanol–water partition coefficient (Wildman–Crippen LogP) is 0.890. The fourth-order valence-electron chi connectivity index (χ4n) is 1.48. The monoisotopic (exact) mass is 288 g/mol. The summed E-state index contributed by atoms with van der Waals surface area (Å²) in [6.45, 7) is 5.35. The van der Waals surface area contributed by atoms with Crippen molar-refractivity contribution >= 4 is 15.9 Å². The fourth-order valence-corrected chi connectivity index (χ4v) is 2.07. The largest absolute Gasteiger partial charge is 0.390 e. The van der Waals surface area contributed by atoms with Crippen molar-refractivity contribution in [3.05, 3.63) is 32.7 Å². The van der Waals surface area contributed by atoms with E-state index in [0.717, 1.165) is 11.0 Å². The molecule has 0 bridgehead atoms. The number of halogens is 1. The molecule has 0 aliphatic carbocycles. The predicted molar refractivity (Wildman–Crippen MR) is 67.7 cm³/mol. The van der Waals surface area contributed by atoms with Gasteiger partial charge in [-0.3, -0.25) is 4.79 Å². The van der Waals surface area contributed by atoms with E-state index in [0.29, 0.717) is 18.7 Å². The lowest BCUT2D eigenvalue weighted by Crippen LogP contribution is -2.34. The van der Waals surface area contributed by atoms with Gasteiger partial charge in [0.05, 0.1) is 12.6 Å². The molecule has 1 rings (SSSR count). The van der Waals surface area contributed by atoms with E-state index in [1.165, 1.54) is 4.57 Å². The zero-order valence-corrected chi connectivity index (χ0v) is 11.1. The van der Waals surface area contributed by atoms with E-state index < -0.39 is 6.10 Å². The average Bonchev–Trinajstić information content (AvgIpc) is 2.22. The normalized spacial score (nSPS) is 12.8. The first-order valence-corrected chi connectivity index (χ1v) is 6.09. The maximum absolute atomic E-state index is 11.7. The highest BCUT2D eigenvalue weighted by molar-refractivity contribution is 9.10. The van der Waals surface area contributed by atoms with Crippen LogP contribution in [0.5, 0.6) is 0 Å². The summed E-state index contributed by atoms with van der Waals surface area (Å²) in [5, 5.41) is 12.7. The molecular weight excluding hydrogens is 272 g/mol. The summed E-state index contributed by atoms with van der Waals surface area (Å²) in [6.07, 6.45) is 1.15. The second kappa shape index (κ2) is 6.18. The third kappa shape index (κ3) is 3.73. The van der Waals surface area contributed by atoms with Gasteiger partial charge in [0.2, 0.25) is 0 Å². The molecular formula is C11H17BrN2O2. The van der Waals surface area contributed by atoms with E-state index >= 15 is 0 Å². The van der Waals surface area contributed by atoms with Gasteiger partial charge in [0.25, 0.3) is 5.56 Å². The van der Waals surface area contributed by atoms with Gasteiger partial charge in [-0.25, -0.2) is 0 Å². The summed E-state index contributed by atoms with van der Waals surface area (Å²) >= 11 is 3.33. The molecule has 1 atom stereocenters. The summed E-state index contributed by atoms with van der Waals surface area (Å²) in [4.78, 5) is 11.7. The van der Waals surface area contributed by atoms with Gasteiger partial charge in [0.15, 0.2) is 0 Å². The van der Waals surface area contributed by atoms with Crippen LogP contribution in [0.1, 0.15) is 12.5 Å². The van der Waals surface area contributed by atoms with Crippen LogP contribution in [0.25, 0.3) is 0 Å². The van der Waals surface area contributed by atoms with Crippen LogP contribution in [0.4, 0.5) is 0 Å². The van der Waals surface area contributed by atoms with Crippen LogP contribution < -0.4 is 10.9 Å². The Morgan fingerprint density at radius 2 is 2.31 bits per heavy atom. The van der Waals surface area contributed by atoms with Gasteiger partial charge in [-0.2, -0.15) is 0 Å². The molecule has 0 saturated carbocycles. The highest BCUT2D eigenvalue weighted by atomic mass is 79.9. The summed E-state index contributed by atoms with van der Waals surface area (Å²) in [5.74, 6) is 0. The number of aryl methyl sites for hydroxylation is 1. The van der Waals surface area contributed by atoms with Crippen molar-refractivity contribution in [3.8, 4) is 0 Å². The second-order valence-electron chi connectivity index (χ2n) is 3.76. The molecule has 0 aromatic carbocycles. The average molecular weight is 289 g/mol. The number of aromatic nitrogens is 1. The minimum absolute atomic E-state index is 0.0567. The molecule has 1 aromatic heterocycles. The molecule has 0 fully saturated rings. The molecule has 0 saturated heterocycles. The molecule has 90 valence electrons. The summed E-state index contributed by atoms with van der Waals surface area (Å²) in [6, 6.07) is 1.77. The number of aliphatic hydroxyl groups excluding tert-OH is 1. The highest BCUT2D eigenvalue weighted by Gasteiger charge is 2.07. The zero-order chi connectivity index (χ0) is 12.1.